The van der Waals surface area contributed by atoms with Crippen LogP contribution in [0.4, 0.5) is 0 Å². The molecule has 2 aromatic rings. The number of nitrogens with zero attached hydrogens (tertiary/aromatic N) is 1. The number of carbonyl (C=O) groups excluding carboxylic acids is 1. The second-order valence-corrected chi connectivity index (χ2v) is 4.61. The van der Waals surface area contributed by atoms with Gasteiger partial charge < -0.3 is 0 Å². The molecule has 94 valence electrons. The van der Waals surface area contributed by atoms with E-state index in [0.29, 0.717) is 5.69 Å². The maximum Gasteiger partial charge on any atom is 0.282 e. The number of benzene rings is 1. The largest absolute Gasteiger partial charge is 0.295 e. The minimum atomic E-state index is -0.280. The van der Waals surface area contributed by atoms with Crippen LogP contribution in [0.2, 0.25) is 0 Å². The molecule has 0 aliphatic heterocycles. The first-order chi connectivity index (χ1) is 8.52. The molecule has 1 heterocycles. The lowest BCUT2D eigenvalue weighted by Gasteiger charge is -2.00. The Bertz CT molecular complexity index is 621. The van der Waals surface area contributed by atoms with Crippen LogP contribution >= 0.6 is 0 Å². The molecule has 0 aliphatic carbocycles. The number of Topliss-reactive ketones (excluding diaryl/α,β-unsaturated/α-hetero) is 1. The molecule has 0 atom stereocenters. The van der Waals surface area contributed by atoms with E-state index < -0.39 is 0 Å². The Kier molecular flexibility index (Phi) is 3.19. The van der Waals surface area contributed by atoms with E-state index in [1.807, 2.05) is 30.3 Å². The molecule has 0 amide bonds. The second kappa shape index (κ2) is 4.64. The number of rotatable bonds is 3. The Morgan fingerprint density at radius 3 is 2.39 bits per heavy atom. The van der Waals surface area contributed by atoms with E-state index in [-0.39, 0.29) is 22.8 Å². The Hall–Kier alpha value is -2.10. The molecule has 4 heteroatoms. The highest BCUT2D eigenvalue weighted by atomic mass is 16.2. The Morgan fingerprint density at radius 2 is 1.83 bits per heavy atom. The lowest BCUT2D eigenvalue weighted by Crippen LogP contribution is -2.22. The summed E-state index contributed by atoms with van der Waals surface area (Å²) in [7, 11) is 0. The number of nitrogens with one attached hydrogen (secondary N) is 1. The lowest BCUT2D eigenvalue weighted by atomic mass is 10.0. The summed E-state index contributed by atoms with van der Waals surface area (Å²) in [4.78, 5) is 24.2. The lowest BCUT2D eigenvalue weighted by molar-refractivity contribution is 0.0937. The first-order valence-electron chi connectivity index (χ1n) is 5.93. The van der Waals surface area contributed by atoms with E-state index >= 15 is 0 Å². The monoisotopic (exact) mass is 244 g/mol. The van der Waals surface area contributed by atoms with Gasteiger partial charge in [-0.15, -0.1) is 0 Å². The number of hydrogen-bond donors (Lipinski definition) is 1. The third-order valence-corrected chi connectivity index (χ3v) is 2.86. The molecule has 1 N–H and O–H groups in total. The van der Waals surface area contributed by atoms with Crippen molar-refractivity contribution in [1.29, 1.82) is 0 Å². The van der Waals surface area contributed by atoms with Crippen molar-refractivity contribution in [3.8, 4) is 5.69 Å². The van der Waals surface area contributed by atoms with Crippen LogP contribution in [0, 0.1) is 12.8 Å². The van der Waals surface area contributed by atoms with Gasteiger partial charge in [-0.3, -0.25) is 14.7 Å². The molecule has 1 aromatic carbocycles. The predicted octanol–water partition coefficient (Wildman–Crippen LogP) is 2.31. The van der Waals surface area contributed by atoms with Crippen molar-refractivity contribution in [2.75, 3.05) is 0 Å². The maximum absolute atomic E-state index is 12.2. The summed E-state index contributed by atoms with van der Waals surface area (Å²) in [5.74, 6) is -0.306. The molecule has 0 radical (unpaired) electrons. The van der Waals surface area contributed by atoms with Crippen molar-refractivity contribution in [2.45, 2.75) is 20.8 Å². The van der Waals surface area contributed by atoms with E-state index in [1.165, 1.54) is 4.68 Å². The molecule has 0 saturated carbocycles. The molecule has 0 saturated heterocycles. The number of H-pyrrole nitrogens is 1. The number of para-hydroxylation sites is 1. The fourth-order valence-electron chi connectivity index (χ4n) is 1.88. The first kappa shape index (κ1) is 12.4. The van der Waals surface area contributed by atoms with Gasteiger partial charge >= 0.3 is 0 Å². The van der Waals surface area contributed by atoms with Crippen molar-refractivity contribution in [2.24, 2.45) is 5.92 Å². The molecule has 0 spiro atoms. The van der Waals surface area contributed by atoms with Gasteiger partial charge in [0, 0.05) is 11.6 Å². The fourth-order valence-corrected chi connectivity index (χ4v) is 1.88. The van der Waals surface area contributed by atoms with Gasteiger partial charge in [0.15, 0.2) is 5.78 Å². The number of carbonyl (C=O) groups is 1. The Balaban J connectivity index is 2.58. The topological polar surface area (TPSA) is 54.9 Å². The zero-order chi connectivity index (χ0) is 13.3. The molecule has 0 unspecified atom stereocenters. The van der Waals surface area contributed by atoms with Crippen LogP contribution < -0.4 is 5.56 Å². The summed E-state index contributed by atoms with van der Waals surface area (Å²) < 4.78 is 1.41. The SMILES string of the molecule is Cc1[nH]n(-c2ccccc2)c(=O)c1C(=O)C(C)C. The summed E-state index contributed by atoms with van der Waals surface area (Å²) in [6.07, 6.45) is 0. The van der Waals surface area contributed by atoms with E-state index in [9.17, 15) is 9.59 Å². The van der Waals surface area contributed by atoms with Gasteiger partial charge in [0.2, 0.25) is 0 Å². The smallest absolute Gasteiger partial charge is 0.282 e. The molecule has 1 aromatic heterocycles. The van der Waals surface area contributed by atoms with Crippen LogP contribution in [0.3, 0.4) is 0 Å². The first-order valence-corrected chi connectivity index (χ1v) is 5.93. The zero-order valence-corrected chi connectivity index (χ0v) is 10.7. The van der Waals surface area contributed by atoms with Crippen LogP contribution in [0.5, 0.6) is 0 Å². The van der Waals surface area contributed by atoms with Gasteiger partial charge in [-0.05, 0) is 19.1 Å². The van der Waals surface area contributed by atoms with Gasteiger partial charge in [0.1, 0.15) is 5.56 Å². The highest BCUT2D eigenvalue weighted by Gasteiger charge is 2.21. The number of aryl methyl sites for hydroxylation is 1. The normalized spacial score (nSPS) is 10.9. The van der Waals surface area contributed by atoms with Crippen LogP contribution in [0.15, 0.2) is 35.1 Å². The molecule has 18 heavy (non-hydrogen) atoms. The van der Waals surface area contributed by atoms with E-state index in [1.54, 1.807) is 20.8 Å². The predicted molar refractivity (Wildman–Crippen MR) is 70.3 cm³/mol. The quantitative estimate of drug-likeness (QED) is 0.842. The van der Waals surface area contributed by atoms with Crippen LogP contribution in [0.1, 0.15) is 29.9 Å². The number of hydrogen-bond acceptors (Lipinski definition) is 2. The highest BCUT2D eigenvalue weighted by Crippen LogP contribution is 2.10. The Morgan fingerprint density at radius 1 is 1.22 bits per heavy atom. The third kappa shape index (κ3) is 2.01. The third-order valence-electron chi connectivity index (χ3n) is 2.86. The average molecular weight is 244 g/mol. The van der Waals surface area contributed by atoms with E-state index in [2.05, 4.69) is 5.10 Å². The maximum atomic E-state index is 12.2. The Labute approximate surface area is 105 Å². The van der Waals surface area contributed by atoms with Crippen LogP contribution in [-0.2, 0) is 0 Å². The van der Waals surface area contributed by atoms with Crippen molar-refractivity contribution in [3.05, 3.63) is 51.9 Å². The van der Waals surface area contributed by atoms with Gasteiger partial charge in [0.05, 0.1) is 5.69 Å². The van der Waals surface area contributed by atoms with Crippen molar-refractivity contribution in [1.82, 2.24) is 9.78 Å². The summed E-state index contributed by atoms with van der Waals surface area (Å²) >= 11 is 0. The van der Waals surface area contributed by atoms with Gasteiger partial charge in [-0.25, -0.2) is 4.68 Å². The number of aromatic nitrogens is 2. The summed E-state index contributed by atoms with van der Waals surface area (Å²) in [6.45, 7) is 5.33. The minimum Gasteiger partial charge on any atom is -0.295 e. The molecule has 0 bridgehead atoms. The average Bonchev–Trinajstić information content (AvgIpc) is 2.65. The van der Waals surface area contributed by atoms with Crippen molar-refractivity contribution in [3.63, 3.8) is 0 Å². The van der Waals surface area contributed by atoms with E-state index in [0.717, 1.165) is 5.69 Å². The summed E-state index contributed by atoms with van der Waals surface area (Å²) in [5, 5.41) is 2.95. The summed E-state index contributed by atoms with van der Waals surface area (Å²) in [5.41, 5.74) is 1.32. The minimum absolute atomic E-state index is 0.122. The van der Waals surface area contributed by atoms with E-state index in [4.69, 9.17) is 0 Å². The standard InChI is InChI=1S/C14H16N2O2/c1-9(2)13(17)12-10(3)15-16(14(12)18)11-7-5-4-6-8-11/h4-9,15H,1-3H3. The highest BCUT2D eigenvalue weighted by molar-refractivity contribution is 5.98. The van der Waals surface area contributed by atoms with Gasteiger partial charge in [0.25, 0.3) is 5.56 Å². The van der Waals surface area contributed by atoms with Crippen molar-refractivity contribution >= 4 is 5.78 Å². The fraction of sp³-hybridized carbons (Fsp3) is 0.286. The molecular weight excluding hydrogens is 228 g/mol. The van der Waals surface area contributed by atoms with Gasteiger partial charge in [-0.2, -0.15) is 0 Å². The number of aromatic amines is 1. The van der Waals surface area contributed by atoms with Crippen LogP contribution in [-0.4, -0.2) is 15.6 Å². The molecule has 4 nitrogen and oxygen atoms in total. The van der Waals surface area contributed by atoms with Gasteiger partial charge in [-0.1, -0.05) is 32.0 Å². The molecule has 0 aliphatic rings. The van der Waals surface area contributed by atoms with Crippen LogP contribution in [0.25, 0.3) is 5.69 Å². The summed E-state index contributed by atoms with van der Waals surface area (Å²) in [6, 6.07) is 9.22. The molecule has 2 rings (SSSR count). The van der Waals surface area contributed by atoms with Crippen molar-refractivity contribution < 1.29 is 4.79 Å². The zero-order valence-electron chi connectivity index (χ0n) is 10.7. The molecule has 0 fully saturated rings. The second-order valence-electron chi connectivity index (χ2n) is 4.61. The number of ketones is 1. The molecular formula is C14H16N2O2.